The van der Waals surface area contributed by atoms with Crippen LogP contribution in [0.1, 0.15) is 58.3 Å². The molecular formula is C15H29ClN6. The predicted molar refractivity (Wildman–Crippen MR) is 93.5 cm³/mol. The Morgan fingerprint density at radius 1 is 0.818 bits per heavy atom. The highest BCUT2D eigenvalue weighted by Crippen LogP contribution is 2.11. The van der Waals surface area contributed by atoms with E-state index in [2.05, 4.69) is 32.5 Å². The van der Waals surface area contributed by atoms with Gasteiger partial charge in [0.1, 0.15) is 0 Å². The molecule has 4 N–H and O–H groups in total. The Kier molecular flexibility index (Phi) is 10.7. The lowest BCUT2D eigenvalue weighted by atomic mass is 10.1. The molecule has 0 saturated carbocycles. The Morgan fingerprint density at radius 3 is 1.95 bits per heavy atom. The van der Waals surface area contributed by atoms with Crippen molar-refractivity contribution < 1.29 is 0 Å². The number of nitrogens with two attached hydrogens (primary N) is 1. The fourth-order valence-electron chi connectivity index (χ4n) is 2.15. The Hall–Kier alpha value is -1.14. The van der Waals surface area contributed by atoms with Crippen LogP contribution in [0.4, 0.5) is 11.9 Å². The van der Waals surface area contributed by atoms with Crippen molar-refractivity contribution in [3.05, 3.63) is 5.28 Å². The summed E-state index contributed by atoms with van der Waals surface area (Å²) in [7, 11) is 0. The van der Waals surface area contributed by atoms with E-state index >= 15 is 0 Å². The van der Waals surface area contributed by atoms with E-state index in [9.17, 15) is 0 Å². The second-order valence-corrected chi connectivity index (χ2v) is 5.71. The molecule has 7 heteroatoms. The van der Waals surface area contributed by atoms with Crippen LogP contribution >= 0.6 is 11.6 Å². The largest absolute Gasteiger partial charge is 0.354 e. The number of aromatic nitrogens is 3. The minimum absolute atomic E-state index is 0.188. The van der Waals surface area contributed by atoms with Gasteiger partial charge in [0.2, 0.25) is 17.2 Å². The predicted octanol–water partition coefficient (Wildman–Crippen LogP) is 3.45. The number of nitrogens with zero attached hydrogens (tertiary/aromatic N) is 3. The summed E-state index contributed by atoms with van der Waals surface area (Å²) in [5, 5.41) is 6.38. The molecule has 0 aliphatic heterocycles. The molecule has 0 bridgehead atoms. The highest BCUT2D eigenvalue weighted by molar-refractivity contribution is 6.28. The molecule has 0 aliphatic carbocycles. The molecule has 0 unspecified atom stereocenters. The Labute approximate surface area is 138 Å². The molecule has 1 aromatic heterocycles. The van der Waals surface area contributed by atoms with Crippen molar-refractivity contribution in [1.82, 2.24) is 15.0 Å². The molecule has 0 aromatic carbocycles. The number of halogens is 1. The Balaban J connectivity index is 2.15. The van der Waals surface area contributed by atoms with Crippen molar-refractivity contribution in [2.75, 3.05) is 30.3 Å². The summed E-state index contributed by atoms with van der Waals surface area (Å²) in [5.41, 5.74) is 5.44. The normalized spacial score (nSPS) is 10.7. The molecule has 0 amide bonds. The summed E-state index contributed by atoms with van der Waals surface area (Å²) in [6.45, 7) is 4.23. The molecule has 0 saturated heterocycles. The molecule has 22 heavy (non-hydrogen) atoms. The molecule has 1 aromatic rings. The number of hydrogen-bond acceptors (Lipinski definition) is 6. The van der Waals surface area contributed by atoms with Crippen molar-refractivity contribution in [2.24, 2.45) is 5.73 Å². The fraction of sp³-hybridized carbons (Fsp3) is 0.800. The molecular weight excluding hydrogens is 300 g/mol. The summed E-state index contributed by atoms with van der Waals surface area (Å²) in [6, 6.07) is 0. The van der Waals surface area contributed by atoms with Crippen molar-refractivity contribution in [3.63, 3.8) is 0 Å². The lowest BCUT2D eigenvalue weighted by Gasteiger charge is -2.07. The van der Waals surface area contributed by atoms with Crippen LogP contribution in [0, 0.1) is 0 Å². The number of hydrogen-bond donors (Lipinski definition) is 3. The lowest BCUT2D eigenvalue weighted by molar-refractivity contribution is 0.580. The number of anilines is 2. The zero-order valence-corrected chi connectivity index (χ0v) is 14.3. The molecule has 0 atom stereocenters. The van der Waals surface area contributed by atoms with Crippen LogP contribution in [-0.4, -0.2) is 34.6 Å². The first kappa shape index (κ1) is 18.9. The third-order valence-electron chi connectivity index (χ3n) is 3.35. The highest BCUT2D eigenvalue weighted by atomic mass is 35.5. The molecule has 0 radical (unpaired) electrons. The van der Waals surface area contributed by atoms with Gasteiger partial charge >= 0.3 is 0 Å². The van der Waals surface area contributed by atoms with Gasteiger partial charge in [0.15, 0.2) is 0 Å². The van der Waals surface area contributed by atoms with Crippen LogP contribution in [0.2, 0.25) is 5.28 Å². The van der Waals surface area contributed by atoms with Gasteiger partial charge in [-0.25, -0.2) is 0 Å². The molecule has 1 heterocycles. The summed E-state index contributed by atoms with van der Waals surface area (Å²) in [5.74, 6) is 0.978. The minimum atomic E-state index is 0.188. The zero-order valence-electron chi connectivity index (χ0n) is 13.6. The number of nitrogens with one attached hydrogen (secondary N) is 2. The van der Waals surface area contributed by atoms with Crippen molar-refractivity contribution in [2.45, 2.75) is 58.3 Å². The second-order valence-electron chi connectivity index (χ2n) is 5.37. The summed E-state index contributed by atoms with van der Waals surface area (Å²) in [4.78, 5) is 12.3. The number of rotatable bonds is 13. The topological polar surface area (TPSA) is 88.8 Å². The quantitative estimate of drug-likeness (QED) is 0.481. The first-order valence-electron chi connectivity index (χ1n) is 8.35. The first-order valence-corrected chi connectivity index (χ1v) is 8.73. The summed E-state index contributed by atoms with van der Waals surface area (Å²) in [6.07, 6.45) is 10.4. The molecule has 0 spiro atoms. The fourth-order valence-corrected chi connectivity index (χ4v) is 2.31. The lowest BCUT2D eigenvalue weighted by Crippen LogP contribution is -2.16. The zero-order chi connectivity index (χ0) is 16.0. The van der Waals surface area contributed by atoms with Crippen molar-refractivity contribution in [1.29, 1.82) is 0 Å². The van der Waals surface area contributed by atoms with Crippen LogP contribution in [0.15, 0.2) is 0 Å². The van der Waals surface area contributed by atoms with Gasteiger partial charge in [-0.3, -0.25) is 0 Å². The SMILES string of the molecule is CCCCCCCCCCNc1nc(Cl)nc(NCCN)n1. The van der Waals surface area contributed by atoms with Gasteiger partial charge in [0, 0.05) is 19.6 Å². The van der Waals surface area contributed by atoms with Gasteiger partial charge in [0.05, 0.1) is 0 Å². The van der Waals surface area contributed by atoms with Crippen LogP contribution in [0.3, 0.4) is 0 Å². The van der Waals surface area contributed by atoms with Gasteiger partial charge in [0.25, 0.3) is 0 Å². The minimum Gasteiger partial charge on any atom is -0.354 e. The average Bonchev–Trinajstić information content (AvgIpc) is 2.51. The van der Waals surface area contributed by atoms with E-state index in [-0.39, 0.29) is 5.28 Å². The van der Waals surface area contributed by atoms with Gasteiger partial charge in [-0.05, 0) is 18.0 Å². The summed E-state index contributed by atoms with van der Waals surface area (Å²) >= 11 is 5.88. The van der Waals surface area contributed by atoms with Crippen LogP contribution in [-0.2, 0) is 0 Å². The van der Waals surface area contributed by atoms with E-state index in [0.717, 1.165) is 13.0 Å². The van der Waals surface area contributed by atoms with Crippen molar-refractivity contribution >= 4 is 23.5 Å². The molecule has 0 aliphatic rings. The van der Waals surface area contributed by atoms with Crippen LogP contribution < -0.4 is 16.4 Å². The van der Waals surface area contributed by atoms with Crippen LogP contribution in [0.25, 0.3) is 0 Å². The average molecular weight is 329 g/mol. The Morgan fingerprint density at radius 2 is 1.36 bits per heavy atom. The third kappa shape index (κ3) is 9.00. The summed E-state index contributed by atoms with van der Waals surface area (Å²) < 4.78 is 0. The van der Waals surface area contributed by atoms with E-state index < -0.39 is 0 Å². The molecule has 0 fully saturated rings. The van der Waals surface area contributed by atoms with Crippen LogP contribution in [0.5, 0.6) is 0 Å². The van der Waals surface area contributed by atoms with Gasteiger partial charge in [-0.1, -0.05) is 51.9 Å². The van der Waals surface area contributed by atoms with Crippen molar-refractivity contribution in [3.8, 4) is 0 Å². The maximum atomic E-state index is 5.88. The third-order valence-corrected chi connectivity index (χ3v) is 3.52. The standard InChI is InChI=1S/C15H29ClN6/c1-2-3-4-5-6-7-8-9-11-18-14-20-13(16)21-15(22-14)19-12-10-17/h2-12,17H2,1H3,(H2,18,19,20,21,22). The molecule has 6 nitrogen and oxygen atoms in total. The van der Waals surface area contributed by atoms with E-state index in [1.165, 1.54) is 44.9 Å². The number of unbranched alkanes of at least 4 members (excludes halogenated alkanes) is 7. The first-order chi connectivity index (χ1) is 10.8. The maximum absolute atomic E-state index is 5.88. The van der Waals surface area contributed by atoms with E-state index in [1.54, 1.807) is 0 Å². The monoisotopic (exact) mass is 328 g/mol. The van der Waals surface area contributed by atoms with E-state index in [0.29, 0.717) is 25.0 Å². The molecule has 1 rings (SSSR count). The maximum Gasteiger partial charge on any atom is 0.228 e. The smallest absolute Gasteiger partial charge is 0.228 e. The Bertz CT molecular complexity index is 402. The van der Waals surface area contributed by atoms with E-state index in [4.69, 9.17) is 17.3 Å². The van der Waals surface area contributed by atoms with E-state index in [1.807, 2.05) is 0 Å². The highest BCUT2D eigenvalue weighted by Gasteiger charge is 2.03. The second kappa shape index (κ2) is 12.4. The van der Waals surface area contributed by atoms with Gasteiger partial charge in [-0.2, -0.15) is 15.0 Å². The van der Waals surface area contributed by atoms with Gasteiger partial charge in [-0.15, -0.1) is 0 Å². The van der Waals surface area contributed by atoms with Gasteiger partial charge < -0.3 is 16.4 Å². The molecule has 126 valence electrons.